The first-order valence-electron chi connectivity index (χ1n) is 9.27. The van der Waals surface area contributed by atoms with Crippen molar-refractivity contribution in [3.63, 3.8) is 0 Å². The predicted molar refractivity (Wildman–Crippen MR) is 91.4 cm³/mol. The zero-order valence-corrected chi connectivity index (χ0v) is 16.1. The highest BCUT2D eigenvalue weighted by molar-refractivity contribution is 5.93. The summed E-state index contributed by atoms with van der Waals surface area (Å²) in [4.78, 5) is 38.5. The largest absolute Gasteiger partial charge is 0.462 e. The molecule has 2 bridgehead atoms. The van der Waals surface area contributed by atoms with Gasteiger partial charge in [0, 0.05) is 19.3 Å². The fourth-order valence-electron chi connectivity index (χ4n) is 4.83. The number of rotatable bonds is 2. The van der Waals surface area contributed by atoms with Gasteiger partial charge in [0.25, 0.3) is 0 Å². The Morgan fingerprint density at radius 1 is 1.30 bits per heavy atom. The molecule has 0 N–H and O–H groups in total. The average molecular weight is 379 g/mol. The molecule has 0 amide bonds. The van der Waals surface area contributed by atoms with E-state index in [0.717, 1.165) is 0 Å². The summed E-state index contributed by atoms with van der Waals surface area (Å²) < 4.78 is 22.8. The summed E-state index contributed by atoms with van der Waals surface area (Å²) in [5, 5.41) is 0. The summed E-state index contributed by atoms with van der Waals surface area (Å²) in [6.45, 7) is 5.07. The summed E-state index contributed by atoms with van der Waals surface area (Å²) in [6, 6.07) is -0.497. The Morgan fingerprint density at radius 2 is 2.00 bits per heavy atom. The van der Waals surface area contributed by atoms with Crippen LogP contribution >= 0.6 is 0 Å². The molecule has 8 unspecified atom stereocenters. The monoisotopic (exact) mass is 379 g/mol. The highest BCUT2D eigenvalue weighted by Crippen LogP contribution is 2.50. The quantitative estimate of drug-likeness (QED) is 0.388. The smallest absolute Gasteiger partial charge is 0.336 e. The SMILES string of the molecule is CC(=O)OC1C(N(C)C)C2=CC(OC2=O)C2C(CC3(C)OC13)OC(=O)C2C. The Bertz CT molecular complexity index is 732. The lowest BCUT2D eigenvalue weighted by Gasteiger charge is -2.32. The van der Waals surface area contributed by atoms with Crippen molar-refractivity contribution in [1.82, 2.24) is 4.90 Å². The first-order valence-corrected chi connectivity index (χ1v) is 9.27. The van der Waals surface area contributed by atoms with E-state index in [0.29, 0.717) is 12.0 Å². The molecule has 8 nitrogen and oxygen atoms in total. The summed E-state index contributed by atoms with van der Waals surface area (Å²) in [5.41, 5.74) is -0.163. The van der Waals surface area contributed by atoms with Crippen LogP contribution in [0.5, 0.6) is 0 Å². The normalized spacial score (nSPS) is 45.4. The van der Waals surface area contributed by atoms with Crippen molar-refractivity contribution in [2.75, 3.05) is 14.1 Å². The third-order valence-corrected chi connectivity index (χ3v) is 6.18. The van der Waals surface area contributed by atoms with E-state index in [1.165, 1.54) is 6.92 Å². The summed E-state index contributed by atoms with van der Waals surface area (Å²) in [7, 11) is 3.64. The number of carbonyl (C=O) groups excluding carboxylic acids is 3. The van der Waals surface area contributed by atoms with Gasteiger partial charge in [0.15, 0.2) is 6.10 Å². The lowest BCUT2D eigenvalue weighted by Crippen LogP contribution is -2.48. The van der Waals surface area contributed by atoms with E-state index in [1.54, 1.807) is 13.0 Å². The third kappa shape index (κ3) is 2.86. The van der Waals surface area contributed by atoms with Crippen LogP contribution in [0.4, 0.5) is 0 Å². The second-order valence-electron chi connectivity index (χ2n) is 8.37. The van der Waals surface area contributed by atoms with Crippen molar-refractivity contribution in [1.29, 1.82) is 0 Å². The minimum atomic E-state index is -0.661. The summed E-state index contributed by atoms with van der Waals surface area (Å²) >= 11 is 0. The van der Waals surface area contributed by atoms with Gasteiger partial charge in [0.2, 0.25) is 0 Å². The average Bonchev–Trinajstić information content (AvgIpc) is 2.95. The topological polar surface area (TPSA) is 94.7 Å². The molecule has 148 valence electrons. The molecule has 3 heterocycles. The van der Waals surface area contributed by atoms with E-state index in [9.17, 15) is 14.4 Å². The van der Waals surface area contributed by atoms with Crippen LogP contribution in [0.25, 0.3) is 0 Å². The van der Waals surface area contributed by atoms with Crippen molar-refractivity contribution < 1.29 is 33.3 Å². The van der Waals surface area contributed by atoms with Crippen LogP contribution < -0.4 is 0 Å². The van der Waals surface area contributed by atoms with Crippen molar-refractivity contribution in [2.24, 2.45) is 11.8 Å². The highest BCUT2D eigenvalue weighted by Gasteiger charge is 2.65. The van der Waals surface area contributed by atoms with Crippen LogP contribution in [-0.2, 0) is 33.3 Å². The number of nitrogens with zero attached hydrogens (tertiary/aromatic N) is 1. The van der Waals surface area contributed by atoms with Gasteiger partial charge < -0.3 is 18.9 Å². The van der Waals surface area contributed by atoms with Gasteiger partial charge >= 0.3 is 17.9 Å². The zero-order valence-electron chi connectivity index (χ0n) is 16.1. The first-order chi connectivity index (χ1) is 12.6. The van der Waals surface area contributed by atoms with Crippen LogP contribution in [0.3, 0.4) is 0 Å². The molecule has 4 rings (SSSR count). The van der Waals surface area contributed by atoms with E-state index in [4.69, 9.17) is 18.9 Å². The van der Waals surface area contributed by atoms with Crippen LogP contribution in [0.15, 0.2) is 11.6 Å². The minimum absolute atomic E-state index is 0.256. The number of epoxide rings is 1. The number of hydrogen-bond acceptors (Lipinski definition) is 8. The van der Waals surface area contributed by atoms with E-state index < -0.39 is 48.0 Å². The molecular weight excluding hydrogens is 354 g/mol. The second-order valence-corrected chi connectivity index (χ2v) is 8.37. The molecule has 0 aromatic carbocycles. The molecule has 8 atom stereocenters. The van der Waals surface area contributed by atoms with Gasteiger partial charge in [0.05, 0.1) is 23.1 Å². The number of hydrogen-bond donors (Lipinski definition) is 0. The second kappa shape index (κ2) is 6.04. The van der Waals surface area contributed by atoms with Gasteiger partial charge in [-0.25, -0.2) is 4.79 Å². The van der Waals surface area contributed by atoms with Gasteiger partial charge in [-0.05, 0) is 27.1 Å². The Hall–Kier alpha value is -1.93. The fraction of sp³-hybridized carbons (Fsp3) is 0.737. The van der Waals surface area contributed by atoms with Crippen molar-refractivity contribution in [3.8, 4) is 0 Å². The van der Waals surface area contributed by atoms with Crippen LogP contribution in [-0.4, -0.2) is 73.0 Å². The Kier molecular flexibility index (Phi) is 4.12. The van der Waals surface area contributed by atoms with Crippen LogP contribution in [0.1, 0.15) is 27.2 Å². The predicted octanol–water partition coefficient (Wildman–Crippen LogP) is 0.439. The minimum Gasteiger partial charge on any atom is -0.462 e. The molecule has 0 aromatic heterocycles. The molecule has 27 heavy (non-hydrogen) atoms. The Labute approximate surface area is 157 Å². The Morgan fingerprint density at radius 3 is 2.63 bits per heavy atom. The maximum atomic E-state index is 12.7. The van der Waals surface area contributed by atoms with E-state index in [2.05, 4.69) is 0 Å². The van der Waals surface area contributed by atoms with Crippen molar-refractivity contribution in [3.05, 3.63) is 11.6 Å². The number of carbonyl (C=O) groups is 3. The molecule has 0 aromatic rings. The lowest BCUT2D eigenvalue weighted by atomic mass is 9.79. The molecule has 4 aliphatic rings. The molecule has 2 fully saturated rings. The molecule has 1 aliphatic carbocycles. The molecule has 0 saturated carbocycles. The summed E-state index contributed by atoms with van der Waals surface area (Å²) in [6.07, 6.45) is 0.224. The van der Waals surface area contributed by atoms with Gasteiger partial charge in [0.1, 0.15) is 18.3 Å². The fourth-order valence-corrected chi connectivity index (χ4v) is 4.83. The van der Waals surface area contributed by atoms with Gasteiger partial charge in [-0.1, -0.05) is 6.92 Å². The van der Waals surface area contributed by atoms with Gasteiger partial charge in [-0.3, -0.25) is 14.5 Å². The number of likely N-dealkylation sites (N-methyl/N-ethyl adjacent to an activating group) is 1. The number of fused-ring (bicyclic) bond motifs is 4. The highest BCUT2D eigenvalue weighted by atomic mass is 16.6. The van der Waals surface area contributed by atoms with Gasteiger partial charge in [-0.2, -0.15) is 0 Å². The molecule has 8 heteroatoms. The van der Waals surface area contributed by atoms with Crippen molar-refractivity contribution >= 4 is 17.9 Å². The molecule has 0 radical (unpaired) electrons. The lowest BCUT2D eigenvalue weighted by molar-refractivity contribution is -0.152. The standard InChI is InChI=1S/C19H25NO7/c1-8-13-11-6-10(18(23)25-11)14(20(4)5)15(24-9(2)21)16-19(3,27-16)7-12(13)26-17(8)22/h6,8,11-16H,7H2,1-5H3. The third-order valence-electron chi connectivity index (χ3n) is 6.18. The maximum absolute atomic E-state index is 12.7. The molecule has 0 spiro atoms. The van der Waals surface area contributed by atoms with E-state index in [1.807, 2.05) is 25.9 Å². The van der Waals surface area contributed by atoms with E-state index >= 15 is 0 Å². The Balaban J connectivity index is 1.80. The number of esters is 3. The molecule has 2 saturated heterocycles. The maximum Gasteiger partial charge on any atom is 0.336 e. The number of ether oxygens (including phenoxy) is 4. The van der Waals surface area contributed by atoms with E-state index in [-0.39, 0.29) is 17.8 Å². The zero-order chi connectivity index (χ0) is 19.7. The molecule has 3 aliphatic heterocycles. The van der Waals surface area contributed by atoms with Crippen molar-refractivity contribution in [2.45, 2.75) is 63.3 Å². The molecular formula is C19H25NO7. The van der Waals surface area contributed by atoms with Crippen LogP contribution in [0.2, 0.25) is 0 Å². The first kappa shape index (κ1) is 18.4. The van der Waals surface area contributed by atoms with Gasteiger partial charge in [-0.15, -0.1) is 0 Å². The summed E-state index contributed by atoms with van der Waals surface area (Å²) in [5.74, 6) is -1.81. The van der Waals surface area contributed by atoms with Crippen LogP contribution in [0, 0.1) is 11.8 Å².